The molecule has 1 heterocycles. The van der Waals surface area contributed by atoms with E-state index in [-0.39, 0.29) is 35.7 Å². The van der Waals surface area contributed by atoms with Crippen LogP contribution in [0.4, 0.5) is 18.9 Å². The monoisotopic (exact) mass is 309 g/mol. The van der Waals surface area contributed by atoms with E-state index in [2.05, 4.69) is 5.32 Å². The SMILES string of the molecule is N#Cc1ccc(C(F)(F)F)c(NC2CC(=O)N(C3CC3)C2)c1. The van der Waals surface area contributed by atoms with Gasteiger partial charge in [-0.05, 0) is 31.0 Å². The van der Waals surface area contributed by atoms with Crippen molar-refractivity contribution in [2.75, 3.05) is 11.9 Å². The lowest BCUT2D eigenvalue weighted by atomic mass is 10.1. The average molecular weight is 309 g/mol. The van der Waals surface area contributed by atoms with Crippen molar-refractivity contribution in [3.8, 4) is 6.07 Å². The number of amides is 1. The van der Waals surface area contributed by atoms with Gasteiger partial charge >= 0.3 is 6.18 Å². The van der Waals surface area contributed by atoms with Crippen LogP contribution in [0.3, 0.4) is 0 Å². The summed E-state index contributed by atoms with van der Waals surface area (Å²) in [4.78, 5) is 13.6. The molecule has 2 fully saturated rings. The standard InChI is InChI=1S/C15H14F3N3O/c16-15(17,18)12-4-1-9(7-19)5-13(12)20-10-6-14(22)21(8-10)11-2-3-11/h1,4-5,10-11,20H,2-3,6,8H2. The van der Waals surface area contributed by atoms with Crippen molar-refractivity contribution in [2.24, 2.45) is 0 Å². The Hall–Kier alpha value is -2.23. The highest BCUT2D eigenvalue weighted by Crippen LogP contribution is 2.37. The van der Waals surface area contributed by atoms with Gasteiger partial charge < -0.3 is 10.2 Å². The fourth-order valence-corrected chi connectivity index (χ4v) is 2.77. The molecule has 1 aromatic carbocycles. The van der Waals surface area contributed by atoms with Crippen LogP contribution >= 0.6 is 0 Å². The van der Waals surface area contributed by atoms with E-state index >= 15 is 0 Å². The molecule has 7 heteroatoms. The van der Waals surface area contributed by atoms with Gasteiger partial charge in [-0.3, -0.25) is 4.79 Å². The molecule has 0 aromatic heterocycles. The van der Waals surface area contributed by atoms with Gasteiger partial charge in [-0.1, -0.05) is 0 Å². The van der Waals surface area contributed by atoms with Gasteiger partial charge in [0.2, 0.25) is 5.91 Å². The molecule has 1 N–H and O–H groups in total. The lowest BCUT2D eigenvalue weighted by Crippen LogP contribution is -2.30. The summed E-state index contributed by atoms with van der Waals surface area (Å²) >= 11 is 0. The molecule has 1 aliphatic carbocycles. The molecule has 1 saturated heterocycles. The predicted octanol–water partition coefficient (Wildman–Crippen LogP) is 2.75. The fraction of sp³-hybridized carbons (Fsp3) is 0.467. The molecule has 1 unspecified atom stereocenters. The van der Waals surface area contributed by atoms with Crippen LogP contribution in [0.15, 0.2) is 18.2 Å². The Morgan fingerprint density at radius 2 is 2.05 bits per heavy atom. The summed E-state index contributed by atoms with van der Waals surface area (Å²) in [5, 5.41) is 11.7. The van der Waals surface area contributed by atoms with Gasteiger partial charge in [-0.2, -0.15) is 18.4 Å². The minimum Gasteiger partial charge on any atom is -0.379 e. The van der Waals surface area contributed by atoms with E-state index in [0.717, 1.165) is 25.0 Å². The second kappa shape index (κ2) is 5.20. The predicted molar refractivity (Wildman–Crippen MR) is 72.9 cm³/mol. The van der Waals surface area contributed by atoms with Crippen LogP contribution in [-0.2, 0) is 11.0 Å². The second-order valence-electron chi connectivity index (χ2n) is 5.69. The highest BCUT2D eigenvalue weighted by molar-refractivity contribution is 5.81. The van der Waals surface area contributed by atoms with Crippen LogP contribution in [0.1, 0.15) is 30.4 Å². The van der Waals surface area contributed by atoms with E-state index in [1.807, 2.05) is 6.07 Å². The lowest BCUT2D eigenvalue weighted by Gasteiger charge is -2.20. The summed E-state index contributed by atoms with van der Waals surface area (Å²) in [6, 6.07) is 4.96. The largest absolute Gasteiger partial charge is 0.418 e. The molecule has 2 aliphatic rings. The van der Waals surface area contributed by atoms with Gasteiger partial charge in [0.15, 0.2) is 0 Å². The van der Waals surface area contributed by atoms with E-state index in [1.165, 1.54) is 6.07 Å². The second-order valence-corrected chi connectivity index (χ2v) is 5.69. The first kappa shape index (κ1) is 14.7. The van der Waals surface area contributed by atoms with Crippen molar-refractivity contribution < 1.29 is 18.0 Å². The first-order valence-electron chi connectivity index (χ1n) is 7.06. The molecule has 1 amide bonds. The number of benzene rings is 1. The Balaban J connectivity index is 1.82. The van der Waals surface area contributed by atoms with Crippen LogP contribution in [0.25, 0.3) is 0 Å². The van der Waals surface area contributed by atoms with Gasteiger partial charge in [0.1, 0.15) is 0 Å². The molecule has 4 nitrogen and oxygen atoms in total. The first-order valence-corrected chi connectivity index (χ1v) is 7.06. The van der Waals surface area contributed by atoms with Gasteiger partial charge in [-0.25, -0.2) is 0 Å². The third-order valence-electron chi connectivity index (χ3n) is 3.96. The van der Waals surface area contributed by atoms with Gasteiger partial charge in [0, 0.05) is 24.7 Å². The topological polar surface area (TPSA) is 56.1 Å². The number of carbonyl (C=O) groups is 1. The molecule has 0 bridgehead atoms. The van der Waals surface area contributed by atoms with E-state index < -0.39 is 11.7 Å². The molecule has 0 radical (unpaired) electrons. The number of halogens is 3. The fourth-order valence-electron chi connectivity index (χ4n) is 2.77. The normalized spacial score (nSPS) is 21.8. The van der Waals surface area contributed by atoms with E-state index in [9.17, 15) is 18.0 Å². The summed E-state index contributed by atoms with van der Waals surface area (Å²) in [5.41, 5.74) is -0.801. The van der Waals surface area contributed by atoms with Crippen molar-refractivity contribution in [1.29, 1.82) is 5.26 Å². The molecule has 22 heavy (non-hydrogen) atoms. The maximum Gasteiger partial charge on any atom is 0.418 e. The number of carbonyl (C=O) groups excluding carboxylic acids is 1. The number of alkyl halides is 3. The Morgan fingerprint density at radius 3 is 2.64 bits per heavy atom. The zero-order valence-corrected chi connectivity index (χ0v) is 11.7. The Labute approximate surface area is 125 Å². The van der Waals surface area contributed by atoms with Gasteiger partial charge in [0.25, 0.3) is 0 Å². The Bertz CT molecular complexity index is 646. The summed E-state index contributed by atoms with van der Waals surface area (Å²) < 4.78 is 39.1. The lowest BCUT2D eigenvalue weighted by molar-refractivity contribution is -0.137. The van der Waals surface area contributed by atoms with Crippen molar-refractivity contribution in [2.45, 2.75) is 37.5 Å². The Morgan fingerprint density at radius 1 is 1.32 bits per heavy atom. The third kappa shape index (κ3) is 2.86. The van der Waals surface area contributed by atoms with E-state index in [0.29, 0.717) is 6.54 Å². The molecule has 1 saturated carbocycles. The van der Waals surface area contributed by atoms with Crippen molar-refractivity contribution in [3.63, 3.8) is 0 Å². The zero-order valence-electron chi connectivity index (χ0n) is 11.7. The van der Waals surface area contributed by atoms with Crippen LogP contribution in [0, 0.1) is 11.3 Å². The smallest absolute Gasteiger partial charge is 0.379 e. The van der Waals surface area contributed by atoms with E-state index in [4.69, 9.17) is 5.26 Å². The van der Waals surface area contributed by atoms with Crippen molar-refractivity contribution in [3.05, 3.63) is 29.3 Å². The Kier molecular flexibility index (Phi) is 3.47. The summed E-state index contributed by atoms with van der Waals surface area (Å²) in [5.74, 6) is -0.0232. The highest BCUT2D eigenvalue weighted by atomic mass is 19.4. The number of rotatable bonds is 3. The maximum absolute atomic E-state index is 13.0. The van der Waals surface area contributed by atoms with Gasteiger partial charge in [0.05, 0.1) is 23.2 Å². The number of hydrogen-bond acceptors (Lipinski definition) is 3. The molecule has 1 aromatic rings. The molecule has 1 aliphatic heterocycles. The average Bonchev–Trinajstić information content (AvgIpc) is 3.22. The van der Waals surface area contributed by atoms with Crippen LogP contribution < -0.4 is 5.32 Å². The van der Waals surface area contributed by atoms with E-state index in [1.54, 1.807) is 4.90 Å². The van der Waals surface area contributed by atoms with Crippen LogP contribution in [0.2, 0.25) is 0 Å². The molecular formula is C15H14F3N3O. The van der Waals surface area contributed by atoms with Gasteiger partial charge in [-0.15, -0.1) is 0 Å². The van der Waals surface area contributed by atoms with Crippen LogP contribution in [0.5, 0.6) is 0 Å². The number of likely N-dealkylation sites (tertiary alicyclic amines) is 1. The van der Waals surface area contributed by atoms with Crippen molar-refractivity contribution >= 4 is 11.6 Å². The molecule has 3 rings (SSSR count). The quantitative estimate of drug-likeness (QED) is 0.934. The number of nitrogens with zero attached hydrogens (tertiary/aromatic N) is 2. The molecule has 0 spiro atoms. The third-order valence-corrected chi connectivity index (χ3v) is 3.96. The molecule has 1 atom stereocenters. The van der Waals surface area contributed by atoms with Crippen molar-refractivity contribution in [1.82, 2.24) is 4.90 Å². The molecular weight excluding hydrogens is 295 g/mol. The number of anilines is 1. The highest BCUT2D eigenvalue weighted by Gasteiger charge is 2.40. The minimum atomic E-state index is -4.50. The summed E-state index contributed by atoms with van der Waals surface area (Å²) in [6.45, 7) is 0.414. The first-order chi connectivity index (χ1) is 10.4. The maximum atomic E-state index is 13.0. The number of nitriles is 1. The number of nitrogens with one attached hydrogen (secondary N) is 1. The molecule has 116 valence electrons. The minimum absolute atomic E-state index is 0.0232. The van der Waals surface area contributed by atoms with Crippen LogP contribution in [-0.4, -0.2) is 29.4 Å². The summed E-state index contributed by atoms with van der Waals surface area (Å²) in [6.07, 6.45) is -2.38. The summed E-state index contributed by atoms with van der Waals surface area (Å²) in [7, 11) is 0. The number of hydrogen-bond donors (Lipinski definition) is 1. The zero-order chi connectivity index (χ0) is 15.9.